The maximum atomic E-state index is 13.0. The molecule has 17 heavy (non-hydrogen) atoms. The van der Waals surface area contributed by atoms with Crippen LogP contribution in [0.4, 0.5) is 22.0 Å². The van der Waals surface area contributed by atoms with Crippen molar-refractivity contribution in [3.05, 3.63) is 29.3 Å². The van der Waals surface area contributed by atoms with Gasteiger partial charge in [-0.25, -0.2) is 4.39 Å². The molecule has 0 aliphatic rings. The summed E-state index contributed by atoms with van der Waals surface area (Å²) in [6.45, 7) is 1.37. The molecule has 2 nitrogen and oxygen atoms in total. The highest BCUT2D eigenvalue weighted by molar-refractivity contribution is 6.00. The first-order chi connectivity index (χ1) is 7.77. The lowest BCUT2D eigenvalue weighted by Gasteiger charge is -2.09. The number of benzene rings is 1. The second kappa shape index (κ2) is 4.68. The third-order valence-electron chi connectivity index (χ3n) is 1.81. The summed E-state index contributed by atoms with van der Waals surface area (Å²) in [5, 5.41) is 0. The molecule has 0 spiro atoms. The van der Waals surface area contributed by atoms with E-state index in [4.69, 9.17) is 0 Å². The summed E-state index contributed by atoms with van der Waals surface area (Å²) in [6.07, 6.45) is -5.15. The van der Waals surface area contributed by atoms with Crippen LogP contribution < -0.4 is 4.74 Å². The van der Waals surface area contributed by atoms with Crippen molar-refractivity contribution < 1.29 is 31.5 Å². The number of carbonyl (C=O) groups excluding carboxylic acids is 1. The minimum absolute atomic E-state index is 0.0694. The van der Waals surface area contributed by atoms with Crippen LogP contribution in [0.15, 0.2) is 12.1 Å². The molecular formula is C10H7F5O2. The van der Waals surface area contributed by atoms with Crippen LogP contribution in [-0.2, 0) is 0 Å². The van der Waals surface area contributed by atoms with Gasteiger partial charge in [0.2, 0.25) is 5.82 Å². The van der Waals surface area contributed by atoms with Crippen LogP contribution in [0.25, 0.3) is 0 Å². The molecule has 0 bridgehead atoms. The maximum absolute atomic E-state index is 13.0. The molecule has 1 aromatic rings. The van der Waals surface area contributed by atoms with Crippen LogP contribution in [0.1, 0.15) is 17.3 Å². The smallest absolute Gasteiger partial charge is 0.454 e. The molecular weight excluding hydrogens is 247 g/mol. The number of carbonyl (C=O) groups is 1. The molecule has 0 aliphatic heterocycles. The van der Waals surface area contributed by atoms with Crippen LogP contribution in [0.3, 0.4) is 0 Å². The molecule has 0 fully saturated rings. The molecule has 1 rings (SSSR count). The van der Waals surface area contributed by atoms with Crippen molar-refractivity contribution in [3.63, 3.8) is 0 Å². The lowest BCUT2D eigenvalue weighted by Crippen LogP contribution is -2.23. The van der Waals surface area contributed by atoms with E-state index < -0.39 is 34.9 Å². The second-order valence-corrected chi connectivity index (χ2v) is 3.03. The maximum Gasteiger partial charge on any atom is 0.454 e. The van der Waals surface area contributed by atoms with Crippen LogP contribution in [0.5, 0.6) is 5.75 Å². The predicted octanol–water partition coefficient (Wildman–Crippen LogP) is 3.11. The predicted molar refractivity (Wildman–Crippen MR) is 47.9 cm³/mol. The Hall–Kier alpha value is -1.66. The summed E-state index contributed by atoms with van der Waals surface area (Å²) < 4.78 is 66.8. The van der Waals surface area contributed by atoms with Crippen molar-refractivity contribution in [2.75, 3.05) is 6.61 Å². The minimum Gasteiger partial charge on any atom is -0.491 e. The van der Waals surface area contributed by atoms with Gasteiger partial charge in [0.1, 0.15) is 0 Å². The van der Waals surface area contributed by atoms with Crippen molar-refractivity contribution in [1.29, 1.82) is 0 Å². The fraction of sp³-hybridized carbons (Fsp3) is 0.300. The van der Waals surface area contributed by atoms with Crippen molar-refractivity contribution in [2.24, 2.45) is 0 Å². The van der Waals surface area contributed by atoms with Crippen molar-refractivity contribution >= 4 is 5.78 Å². The van der Waals surface area contributed by atoms with E-state index in [1.165, 1.54) is 6.92 Å². The lowest BCUT2D eigenvalue weighted by molar-refractivity contribution is -0.0885. The number of Topliss-reactive ketones (excluding diaryl/α,β-unsaturated/α-hetero) is 1. The second-order valence-electron chi connectivity index (χ2n) is 3.03. The van der Waals surface area contributed by atoms with Gasteiger partial charge in [-0.1, -0.05) is 0 Å². The van der Waals surface area contributed by atoms with E-state index in [1.54, 1.807) is 0 Å². The molecule has 0 radical (unpaired) electrons. The van der Waals surface area contributed by atoms with Crippen LogP contribution >= 0.6 is 0 Å². The summed E-state index contributed by atoms with van der Waals surface area (Å²) in [4.78, 5) is 10.8. The number of hydrogen-bond donors (Lipinski definition) is 0. The fourth-order valence-electron chi connectivity index (χ4n) is 1.12. The molecule has 0 saturated heterocycles. The average Bonchev–Trinajstić information content (AvgIpc) is 2.22. The largest absolute Gasteiger partial charge is 0.491 e. The highest BCUT2D eigenvalue weighted by Crippen LogP contribution is 2.27. The zero-order chi connectivity index (χ0) is 13.2. The first-order valence-electron chi connectivity index (χ1n) is 4.50. The molecule has 0 N–H and O–H groups in total. The van der Waals surface area contributed by atoms with Gasteiger partial charge in [0.15, 0.2) is 11.6 Å². The number of alkyl halides is 3. The van der Waals surface area contributed by atoms with Crippen LogP contribution in [-0.4, -0.2) is 18.6 Å². The third kappa shape index (κ3) is 2.92. The summed E-state index contributed by atoms with van der Waals surface area (Å²) in [5.41, 5.74) is -1.00. The van der Waals surface area contributed by atoms with Gasteiger partial charge >= 0.3 is 6.18 Å². The molecule has 7 heteroatoms. The highest BCUT2D eigenvalue weighted by Gasteiger charge is 2.40. The van der Waals surface area contributed by atoms with Crippen LogP contribution in [0.2, 0.25) is 0 Å². The number of hydrogen-bond acceptors (Lipinski definition) is 2. The van der Waals surface area contributed by atoms with Crippen molar-refractivity contribution in [3.8, 4) is 5.75 Å². The summed E-state index contributed by atoms with van der Waals surface area (Å²) in [6, 6.07) is 0.714. The Bertz CT molecular complexity index is 439. The van der Waals surface area contributed by atoms with Crippen molar-refractivity contribution in [2.45, 2.75) is 13.1 Å². The first kappa shape index (κ1) is 13.4. The zero-order valence-electron chi connectivity index (χ0n) is 8.57. The lowest BCUT2D eigenvalue weighted by atomic mass is 10.1. The van der Waals surface area contributed by atoms with Gasteiger partial charge in [0, 0.05) is 5.56 Å². The van der Waals surface area contributed by atoms with Crippen molar-refractivity contribution in [1.82, 2.24) is 0 Å². The Morgan fingerprint density at radius 1 is 1.29 bits per heavy atom. The number of halogens is 5. The summed E-state index contributed by atoms with van der Waals surface area (Å²) in [7, 11) is 0. The topological polar surface area (TPSA) is 26.3 Å². The van der Waals surface area contributed by atoms with Crippen LogP contribution in [0, 0.1) is 11.6 Å². The molecule has 1 aromatic carbocycles. The molecule has 94 valence electrons. The zero-order valence-corrected chi connectivity index (χ0v) is 8.57. The molecule has 0 amide bonds. The normalized spacial score (nSPS) is 11.4. The summed E-state index contributed by atoms with van der Waals surface area (Å²) in [5.74, 6) is -5.97. The molecule has 0 saturated carbocycles. The number of ketones is 1. The van der Waals surface area contributed by atoms with Gasteiger partial charge in [-0.3, -0.25) is 4.79 Å². The average molecular weight is 254 g/mol. The van der Waals surface area contributed by atoms with E-state index >= 15 is 0 Å². The Labute approximate surface area is 93.0 Å². The van der Waals surface area contributed by atoms with E-state index in [1.807, 2.05) is 0 Å². The van der Waals surface area contributed by atoms with E-state index in [0.717, 1.165) is 0 Å². The highest BCUT2D eigenvalue weighted by atomic mass is 19.4. The summed E-state index contributed by atoms with van der Waals surface area (Å²) >= 11 is 0. The van der Waals surface area contributed by atoms with E-state index in [9.17, 15) is 26.7 Å². The molecule has 0 aliphatic carbocycles. The first-order valence-corrected chi connectivity index (χ1v) is 4.50. The van der Waals surface area contributed by atoms with Gasteiger partial charge in [-0.15, -0.1) is 0 Å². The number of rotatable bonds is 3. The molecule has 0 heterocycles. The SMILES string of the molecule is CCOc1cc(C(=O)C(F)(F)F)cc(F)c1F. The van der Waals surface area contributed by atoms with Gasteiger partial charge in [-0.2, -0.15) is 17.6 Å². The Balaban J connectivity index is 3.23. The molecule has 0 atom stereocenters. The Kier molecular flexibility index (Phi) is 3.69. The Morgan fingerprint density at radius 2 is 1.88 bits per heavy atom. The van der Waals surface area contributed by atoms with E-state index in [-0.39, 0.29) is 12.7 Å². The fourth-order valence-corrected chi connectivity index (χ4v) is 1.12. The minimum atomic E-state index is -5.15. The third-order valence-corrected chi connectivity index (χ3v) is 1.81. The van der Waals surface area contributed by atoms with Gasteiger partial charge < -0.3 is 4.74 Å². The van der Waals surface area contributed by atoms with Gasteiger partial charge in [0.25, 0.3) is 5.78 Å². The standard InChI is InChI=1S/C10H7F5O2/c1-2-17-7-4-5(3-6(11)8(7)12)9(16)10(13,14)15/h3-4H,2H2,1H3. The molecule has 0 unspecified atom stereocenters. The Morgan fingerprint density at radius 3 is 2.35 bits per heavy atom. The monoisotopic (exact) mass is 254 g/mol. The van der Waals surface area contributed by atoms with Gasteiger partial charge in [-0.05, 0) is 19.1 Å². The number of ether oxygens (including phenoxy) is 1. The van der Waals surface area contributed by atoms with E-state index in [0.29, 0.717) is 6.07 Å². The van der Waals surface area contributed by atoms with Gasteiger partial charge in [0.05, 0.1) is 6.61 Å². The molecule has 0 aromatic heterocycles. The van der Waals surface area contributed by atoms with E-state index in [2.05, 4.69) is 4.74 Å². The quantitative estimate of drug-likeness (QED) is 0.612.